The molecule has 0 unspecified atom stereocenters. The Balaban J connectivity index is 2.52. The van der Waals surface area contributed by atoms with Gasteiger partial charge in [0.15, 0.2) is 0 Å². The average Bonchev–Trinajstić information content (AvgIpc) is 2.77. The molecule has 1 rings (SSSR count). The minimum atomic E-state index is -0.772. The van der Waals surface area contributed by atoms with Crippen molar-refractivity contribution < 1.29 is 9.90 Å². The van der Waals surface area contributed by atoms with Crippen molar-refractivity contribution in [3.8, 4) is 6.07 Å². The second kappa shape index (κ2) is 6.02. The molecule has 0 amide bonds. The SMILES string of the molecule is CC(C)(C#N)CCN(CC(=O)O)C1CCCC1. The summed E-state index contributed by atoms with van der Waals surface area (Å²) < 4.78 is 0. The molecule has 0 aromatic rings. The van der Waals surface area contributed by atoms with Crippen LogP contribution in [0.4, 0.5) is 0 Å². The van der Waals surface area contributed by atoms with Crippen LogP contribution >= 0.6 is 0 Å². The van der Waals surface area contributed by atoms with Gasteiger partial charge in [-0.1, -0.05) is 12.8 Å². The Morgan fingerprint density at radius 1 is 1.47 bits per heavy atom. The van der Waals surface area contributed by atoms with Crippen molar-refractivity contribution in [1.82, 2.24) is 4.90 Å². The lowest BCUT2D eigenvalue weighted by Gasteiger charge is -2.29. The number of carboxylic acids is 1. The topological polar surface area (TPSA) is 64.3 Å². The minimum Gasteiger partial charge on any atom is -0.480 e. The van der Waals surface area contributed by atoms with Crippen LogP contribution < -0.4 is 0 Å². The van der Waals surface area contributed by atoms with Crippen LogP contribution in [0.25, 0.3) is 0 Å². The number of nitrogens with zero attached hydrogens (tertiary/aromatic N) is 2. The van der Waals surface area contributed by atoms with Gasteiger partial charge in [0.2, 0.25) is 0 Å². The summed E-state index contributed by atoms with van der Waals surface area (Å²) in [5.41, 5.74) is -0.366. The molecule has 0 bridgehead atoms. The van der Waals surface area contributed by atoms with Gasteiger partial charge in [0.05, 0.1) is 18.0 Å². The molecule has 1 fully saturated rings. The van der Waals surface area contributed by atoms with Crippen LogP contribution in [0.2, 0.25) is 0 Å². The van der Waals surface area contributed by atoms with Crippen LogP contribution in [0.5, 0.6) is 0 Å². The summed E-state index contributed by atoms with van der Waals surface area (Å²) in [6.07, 6.45) is 5.32. The van der Waals surface area contributed by atoms with E-state index in [2.05, 4.69) is 6.07 Å². The molecular weight excluding hydrogens is 216 g/mol. The number of hydrogen-bond acceptors (Lipinski definition) is 3. The molecule has 1 aliphatic rings. The molecule has 0 radical (unpaired) electrons. The fraction of sp³-hybridized carbons (Fsp3) is 0.846. The largest absolute Gasteiger partial charge is 0.480 e. The first kappa shape index (κ1) is 14.0. The molecule has 1 N–H and O–H groups in total. The van der Waals surface area contributed by atoms with E-state index in [4.69, 9.17) is 10.4 Å². The molecule has 17 heavy (non-hydrogen) atoms. The highest BCUT2D eigenvalue weighted by Gasteiger charge is 2.26. The molecule has 0 atom stereocenters. The van der Waals surface area contributed by atoms with Gasteiger partial charge in [0.1, 0.15) is 0 Å². The molecule has 0 spiro atoms. The van der Waals surface area contributed by atoms with Crippen molar-refractivity contribution in [1.29, 1.82) is 5.26 Å². The standard InChI is InChI=1S/C13H22N2O2/c1-13(2,10-14)7-8-15(9-12(16)17)11-5-3-4-6-11/h11H,3-9H2,1-2H3,(H,16,17). The zero-order valence-corrected chi connectivity index (χ0v) is 10.8. The van der Waals surface area contributed by atoms with E-state index in [1.807, 2.05) is 18.7 Å². The summed E-state index contributed by atoms with van der Waals surface area (Å²) in [6, 6.07) is 2.67. The highest BCUT2D eigenvalue weighted by atomic mass is 16.4. The number of rotatable bonds is 6. The van der Waals surface area contributed by atoms with Crippen molar-refractivity contribution in [3.63, 3.8) is 0 Å². The van der Waals surface area contributed by atoms with Crippen molar-refractivity contribution in [2.45, 2.75) is 52.0 Å². The van der Waals surface area contributed by atoms with Gasteiger partial charge in [-0.2, -0.15) is 5.26 Å². The van der Waals surface area contributed by atoms with E-state index in [0.29, 0.717) is 12.6 Å². The Morgan fingerprint density at radius 3 is 2.53 bits per heavy atom. The molecule has 0 aliphatic heterocycles. The summed E-state index contributed by atoms with van der Waals surface area (Å²) in [6.45, 7) is 4.62. The molecule has 4 nitrogen and oxygen atoms in total. The van der Waals surface area contributed by atoms with Crippen LogP contribution in [-0.2, 0) is 4.79 Å². The van der Waals surface area contributed by atoms with Crippen LogP contribution in [0.1, 0.15) is 46.0 Å². The van der Waals surface area contributed by atoms with Gasteiger partial charge < -0.3 is 5.11 Å². The molecule has 0 saturated heterocycles. The smallest absolute Gasteiger partial charge is 0.317 e. The van der Waals surface area contributed by atoms with E-state index < -0.39 is 5.97 Å². The predicted octanol–water partition coefficient (Wildman–Crippen LogP) is 2.26. The van der Waals surface area contributed by atoms with Crippen LogP contribution in [0.15, 0.2) is 0 Å². The quantitative estimate of drug-likeness (QED) is 0.771. The summed E-state index contributed by atoms with van der Waals surface area (Å²) in [4.78, 5) is 12.9. The van der Waals surface area contributed by atoms with Gasteiger partial charge in [-0.05, 0) is 33.1 Å². The summed E-state index contributed by atoms with van der Waals surface area (Å²) in [7, 11) is 0. The number of carbonyl (C=O) groups is 1. The van der Waals surface area contributed by atoms with Crippen LogP contribution in [-0.4, -0.2) is 35.1 Å². The molecular formula is C13H22N2O2. The predicted molar refractivity (Wildman–Crippen MR) is 65.5 cm³/mol. The van der Waals surface area contributed by atoms with E-state index in [9.17, 15) is 4.79 Å². The lowest BCUT2D eigenvalue weighted by molar-refractivity contribution is -0.139. The number of aliphatic carboxylic acids is 1. The Hall–Kier alpha value is -1.08. The molecule has 4 heteroatoms. The Kier molecular flexibility index (Phi) is 4.95. The van der Waals surface area contributed by atoms with Gasteiger partial charge >= 0.3 is 5.97 Å². The van der Waals surface area contributed by atoms with Crippen LogP contribution in [0, 0.1) is 16.7 Å². The van der Waals surface area contributed by atoms with Crippen molar-refractivity contribution in [2.75, 3.05) is 13.1 Å². The van der Waals surface area contributed by atoms with Crippen molar-refractivity contribution in [3.05, 3.63) is 0 Å². The second-order valence-electron chi connectivity index (χ2n) is 5.55. The highest BCUT2D eigenvalue weighted by Crippen LogP contribution is 2.26. The van der Waals surface area contributed by atoms with Crippen molar-refractivity contribution >= 4 is 5.97 Å². The Morgan fingerprint density at radius 2 is 2.06 bits per heavy atom. The van der Waals surface area contributed by atoms with Gasteiger partial charge in [0.25, 0.3) is 0 Å². The van der Waals surface area contributed by atoms with E-state index in [1.54, 1.807) is 0 Å². The van der Waals surface area contributed by atoms with Crippen molar-refractivity contribution in [2.24, 2.45) is 5.41 Å². The zero-order valence-electron chi connectivity index (χ0n) is 10.8. The lowest BCUT2D eigenvalue weighted by atomic mass is 9.91. The molecule has 0 aromatic carbocycles. The zero-order chi connectivity index (χ0) is 12.9. The number of carboxylic acid groups (broad SMARTS) is 1. The van der Waals surface area contributed by atoms with Gasteiger partial charge in [0, 0.05) is 12.6 Å². The first-order valence-corrected chi connectivity index (χ1v) is 6.32. The molecule has 1 saturated carbocycles. The molecule has 96 valence electrons. The van der Waals surface area contributed by atoms with Gasteiger partial charge in [-0.25, -0.2) is 0 Å². The summed E-state index contributed by atoms with van der Waals surface area (Å²) in [5, 5.41) is 17.9. The highest BCUT2D eigenvalue weighted by molar-refractivity contribution is 5.69. The summed E-state index contributed by atoms with van der Waals surface area (Å²) in [5.74, 6) is -0.772. The van der Waals surface area contributed by atoms with Gasteiger partial charge in [-0.15, -0.1) is 0 Å². The third kappa shape index (κ3) is 4.74. The number of nitriles is 1. The average molecular weight is 238 g/mol. The summed E-state index contributed by atoms with van der Waals surface area (Å²) >= 11 is 0. The Labute approximate surface area is 103 Å². The maximum Gasteiger partial charge on any atom is 0.317 e. The number of hydrogen-bond donors (Lipinski definition) is 1. The fourth-order valence-electron chi connectivity index (χ4n) is 2.31. The Bertz CT molecular complexity index is 301. The first-order chi connectivity index (χ1) is 7.94. The normalized spacial score (nSPS) is 17.3. The first-order valence-electron chi connectivity index (χ1n) is 6.32. The second-order valence-corrected chi connectivity index (χ2v) is 5.55. The third-order valence-electron chi connectivity index (χ3n) is 3.51. The lowest BCUT2D eigenvalue weighted by Crippen LogP contribution is -2.39. The maximum absolute atomic E-state index is 10.9. The minimum absolute atomic E-state index is 0.103. The van der Waals surface area contributed by atoms with E-state index in [-0.39, 0.29) is 12.0 Å². The maximum atomic E-state index is 10.9. The van der Waals surface area contributed by atoms with Crippen LogP contribution in [0.3, 0.4) is 0 Å². The molecule has 1 aliphatic carbocycles. The monoisotopic (exact) mass is 238 g/mol. The van der Waals surface area contributed by atoms with E-state index in [0.717, 1.165) is 19.3 Å². The van der Waals surface area contributed by atoms with E-state index >= 15 is 0 Å². The molecule has 0 aromatic heterocycles. The fourth-order valence-corrected chi connectivity index (χ4v) is 2.31. The molecule has 0 heterocycles. The van der Waals surface area contributed by atoms with E-state index in [1.165, 1.54) is 12.8 Å². The third-order valence-corrected chi connectivity index (χ3v) is 3.51. The van der Waals surface area contributed by atoms with Gasteiger partial charge in [-0.3, -0.25) is 9.69 Å².